The Labute approximate surface area is 141 Å². The molecule has 0 bridgehead atoms. The van der Waals surface area contributed by atoms with Gasteiger partial charge in [-0.15, -0.1) is 0 Å². The molecule has 1 amide bonds. The molecule has 0 saturated heterocycles. The molecule has 0 aliphatic carbocycles. The summed E-state index contributed by atoms with van der Waals surface area (Å²) in [5.74, 6) is 0.121. The molecule has 0 saturated carbocycles. The quantitative estimate of drug-likeness (QED) is 0.773. The predicted molar refractivity (Wildman–Crippen MR) is 96.7 cm³/mol. The first-order valence-corrected chi connectivity index (χ1v) is 8.19. The summed E-state index contributed by atoms with van der Waals surface area (Å²) >= 11 is 0. The lowest BCUT2D eigenvalue weighted by Crippen LogP contribution is -2.15. The van der Waals surface area contributed by atoms with Gasteiger partial charge in [-0.25, -0.2) is 0 Å². The van der Waals surface area contributed by atoms with Gasteiger partial charge in [0, 0.05) is 23.3 Å². The van der Waals surface area contributed by atoms with Gasteiger partial charge in [0.2, 0.25) is 0 Å². The van der Waals surface area contributed by atoms with Crippen LogP contribution in [0, 0.1) is 5.92 Å². The Morgan fingerprint density at radius 1 is 1.17 bits per heavy atom. The number of nitrogens with two attached hydrogens (primary N) is 1. The molecule has 0 aliphatic heterocycles. The zero-order valence-electron chi connectivity index (χ0n) is 14.0. The van der Waals surface area contributed by atoms with Crippen molar-refractivity contribution in [2.75, 3.05) is 0 Å². The van der Waals surface area contributed by atoms with Crippen LogP contribution in [0.25, 0.3) is 22.0 Å². The Morgan fingerprint density at radius 3 is 2.58 bits per heavy atom. The lowest BCUT2D eigenvalue weighted by molar-refractivity contribution is 0.0999. The first-order chi connectivity index (χ1) is 11.6. The number of pyridine rings is 2. The van der Waals surface area contributed by atoms with Gasteiger partial charge in [-0.3, -0.25) is 14.8 Å². The third-order valence-electron chi connectivity index (χ3n) is 4.14. The first-order valence-electron chi connectivity index (χ1n) is 8.19. The zero-order valence-corrected chi connectivity index (χ0v) is 14.0. The van der Waals surface area contributed by atoms with E-state index in [-0.39, 0.29) is 0 Å². The van der Waals surface area contributed by atoms with Gasteiger partial charge in [0.05, 0.1) is 16.8 Å². The second-order valence-electron chi connectivity index (χ2n) is 6.39. The summed E-state index contributed by atoms with van der Waals surface area (Å²) in [5.41, 5.74) is 9.87. The van der Waals surface area contributed by atoms with Gasteiger partial charge in [0.15, 0.2) is 0 Å². The summed E-state index contributed by atoms with van der Waals surface area (Å²) in [4.78, 5) is 20.7. The highest BCUT2D eigenvalue weighted by atomic mass is 16.1. The molecule has 24 heavy (non-hydrogen) atoms. The zero-order chi connectivity index (χ0) is 17.1. The molecule has 0 unspecified atom stereocenters. The summed E-state index contributed by atoms with van der Waals surface area (Å²) in [7, 11) is 0. The van der Waals surface area contributed by atoms with E-state index in [2.05, 4.69) is 18.8 Å². The normalized spacial score (nSPS) is 11.1. The van der Waals surface area contributed by atoms with Crippen molar-refractivity contribution < 1.29 is 4.79 Å². The third kappa shape index (κ3) is 3.27. The second-order valence-corrected chi connectivity index (χ2v) is 6.39. The molecule has 0 aliphatic rings. The SMILES string of the molecule is CC(C)CCc1nc2c(-c3ccncc3)cccc2cc1C(N)=O. The third-order valence-corrected chi connectivity index (χ3v) is 4.14. The number of aromatic nitrogens is 2. The molecule has 2 heterocycles. The Bertz CT molecular complexity index is 873. The van der Waals surface area contributed by atoms with Crippen LogP contribution in [-0.2, 0) is 6.42 Å². The summed E-state index contributed by atoms with van der Waals surface area (Å²) in [6.07, 6.45) is 5.25. The standard InChI is InChI=1S/C20H21N3O/c1-13(2)6-7-18-17(20(21)24)12-15-4-3-5-16(19(15)23-18)14-8-10-22-11-9-14/h3-5,8-13H,6-7H2,1-2H3,(H2,21,24). The average Bonchev–Trinajstić information content (AvgIpc) is 2.59. The predicted octanol–water partition coefficient (Wildman–Crippen LogP) is 3.98. The molecule has 2 aromatic heterocycles. The fourth-order valence-electron chi connectivity index (χ4n) is 2.83. The summed E-state index contributed by atoms with van der Waals surface area (Å²) in [6, 6.07) is 11.8. The van der Waals surface area contributed by atoms with E-state index in [1.54, 1.807) is 12.4 Å². The van der Waals surface area contributed by atoms with E-state index in [0.717, 1.165) is 40.6 Å². The monoisotopic (exact) mass is 319 g/mol. The van der Waals surface area contributed by atoms with E-state index in [0.29, 0.717) is 11.5 Å². The van der Waals surface area contributed by atoms with E-state index in [1.165, 1.54) is 0 Å². The van der Waals surface area contributed by atoms with Crippen LogP contribution >= 0.6 is 0 Å². The fourth-order valence-corrected chi connectivity index (χ4v) is 2.83. The number of nitrogens with zero attached hydrogens (tertiary/aromatic N) is 2. The van der Waals surface area contributed by atoms with Crippen molar-refractivity contribution >= 4 is 16.8 Å². The van der Waals surface area contributed by atoms with Gasteiger partial charge < -0.3 is 5.73 Å². The van der Waals surface area contributed by atoms with Crippen LogP contribution in [0.2, 0.25) is 0 Å². The highest BCUT2D eigenvalue weighted by Gasteiger charge is 2.14. The molecule has 0 spiro atoms. The van der Waals surface area contributed by atoms with E-state index in [9.17, 15) is 4.79 Å². The Hall–Kier alpha value is -2.75. The van der Waals surface area contributed by atoms with E-state index < -0.39 is 5.91 Å². The van der Waals surface area contributed by atoms with Gasteiger partial charge in [0.25, 0.3) is 5.91 Å². The van der Waals surface area contributed by atoms with Gasteiger partial charge in [-0.1, -0.05) is 32.0 Å². The van der Waals surface area contributed by atoms with Crippen LogP contribution in [0.3, 0.4) is 0 Å². The van der Waals surface area contributed by atoms with Gasteiger partial charge in [-0.05, 0) is 42.5 Å². The highest BCUT2D eigenvalue weighted by Crippen LogP contribution is 2.28. The number of fused-ring (bicyclic) bond motifs is 1. The first kappa shape index (κ1) is 16.1. The maximum Gasteiger partial charge on any atom is 0.250 e. The minimum atomic E-state index is -0.419. The minimum Gasteiger partial charge on any atom is -0.366 e. The number of amides is 1. The Balaban J connectivity index is 2.19. The molecular formula is C20H21N3O. The second kappa shape index (κ2) is 6.79. The average molecular weight is 319 g/mol. The smallest absolute Gasteiger partial charge is 0.250 e. The van der Waals surface area contributed by atoms with Crippen molar-refractivity contribution in [3.63, 3.8) is 0 Å². The van der Waals surface area contributed by atoms with Gasteiger partial charge in [-0.2, -0.15) is 0 Å². The van der Waals surface area contributed by atoms with E-state index in [1.807, 2.05) is 36.4 Å². The summed E-state index contributed by atoms with van der Waals surface area (Å²) < 4.78 is 0. The number of hydrogen-bond acceptors (Lipinski definition) is 3. The van der Waals surface area contributed by atoms with Crippen molar-refractivity contribution in [3.8, 4) is 11.1 Å². The topological polar surface area (TPSA) is 68.9 Å². The lowest BCUT2D eigenvalue weighted by Gasteiger charge is -2.12. The number of para-hydroxylation sites is 1. The number of aryl methyl sites for hydroxylation is 1. The fraction of sp³-hybridized carbons (Fsp3) is 0.250. The molecule has 4 heteroatoms. The van der Waals surface area contributed by atoms with Crippen molar-refractivity contribution in [3.05, 3.63) is 60.0 Å². The number of hydrogen-bond donors (Lipinski definition) is 1. The van der Waals surface area contributed by atoms with Crippen molar-refractivity contribution in [2.45, 2.75) is 26.7 Å². The van der Waals surface area contributed by atoms with Crippen molar-refractivity contribution in [2.24, 2.45) is 11.7 Å². The van der Waals surface area contributed by atoms with Crippen LogP contribution in [0.5, 0.6) is 0 Å². The van der Waals surface area contributed by atoms with Crippen molar-refractivity contribution in [1.82, 2.24) is 9.97 Å². The lowest BCUT2D eigenvalue weighted by atomic mass is 9.98. The van der Waals surface area contributed by atoms with Crippen LogP contribution < -0.4 is 5.73 Å². The van der Waals surface area contributed by atoms with E-state index in [4.69, 9.17) is 10.7 Å². The molecule has 3 aromatic rings. The maximum atomic E-state index is 11.8. The summed E-state index contributed by atoms with van der Waals surface area (Å²) in [5, 5.41) is 0.923. The minimum absolute atomic E-state index is 0.419. The highest BCUT2D eigenvalue weighted by molar-refractivity contribution is 6.00. The van der Waals surface area contributed by atoms with Crippen LogP contribution in [0.4, 0.5) is 0 Å². The number of carbonyl (C=O) groups excluding carboxylic acids is 1. The summed E-state index contributed by atoms with van der Waals surface area (Å²) in [6.45, 7) is 4.32. The van der Waals surface area contributed by atoms with Gasteiger partial charge >= 0.3 is 0 Å². The molecule has 0 atom stereocenters. The van der Waals surface area contributed by atoms with Gasteiger partial charge in [0.1, 0.15) is 0 Å². The maximum absolute atomic E-state index is 11.8. The molecule has 0 radical (unpaired) electrons. The molecular weight excluding hydrogens is 298 g/mol. The molecule has 3 rings (SSSR count). The number of carbonyl (C=O) groups is 1. The van der Waals surface area contributed by atoms with Crippen LogP contribution in [-0.4, -0.2) is 15.9 Å². The largest absolute Gasteiger partial charge is 0.366 e. The van der Waals surface area contributed by atoms with Crippen molar-refractivity contribution in [1.29, 1.82) is 0 Å². The van der Waals surface area contributed by atoms with Crippen LogP contribution in [0.1, 0.15) is 36.3 Å². The number of primary amides is 1. The van der Waals surface area contributed by atoms with Crippen LogP contribution in [0.15, 0.2) is 48.8 Å². The Kier molecular flexibility index (Phi) is 4.56. The number of benzene rings is 1. The number of rotatable bonds is 5. The molecule has 0 fully saturated rings. The Morgan fingerprint density at radius 2 is 1.92 bits per heavy atom. The molecule has 122 valence electrons. The molecule has 4 nitrogen and oxygen atoms in total. The molecule has 1 aromatic carbocycles. The van der Waals surface area contributed by atoms with E-state index >= 15 is 0 Å². The molecule has 2 N–H and O–H groups in total.